The van der Waals surface area contributed by atoms with Gasteiger partial charge in [0.25, 0.3) is 0 Å². The van der Waals surface area contributed by atoms with Crippen molar-refractivity contribution in [1.82, 2.24) is 4.90 Å². The average molecular weight is 253 g/mol. The van der Waals surface area contributed by atoms with E-state index < -0.39 is 12.1 Å². The highest BCUT2D eigenvalue weighted by Crippen LogP contribution is 2.21. The molecule has 0 aromatic rings. The van der Waals surface area contributed by atoms with E-state index >= 15 is 0 Å². The molecule has 1 aliphatic heterocycles. The summed E-state index contributed by atoms with van der Waals surface area (Å²) in [5.74, 6) is -0.970. The molecule has 1 amide bonds. The van der Waals surface area contributed by atoms with E-state index in [9.17, 15) is 9.59 Å². The number of morpholine rings is 1. The fraction of sp³-hybridized carbons (Fsp3) is 0.692. The van der Waals surface area contributed by atoms with Gasteiger partial charge in [-0.15, -0.1) is 0 Å². The first-order valence-corrected chi connectivity index (χ1v) is 6.47. The van der Waals surface area contributed by atoms with E-state index in [0.29, 0.717) is 19.6 Å². The molecule has 1 heterocycles. The van der Waals surface area contributed by atoms with E-state index in [-0.39, 0.29) is 12.5 Å². The van der Waals surface area contributed by atoms with Gasteiger partial charge in [0.2, 0.25) is 5.91 Å². The molecule has 18 heavy (non-hydrogen) atoms. The number of rotatable bonds is 3. The first-order chi connectivity index (χ1) is 8.66. The van der Waals surface area contributed by atoms with E-state index in [1.165, 1.54) is 12.0 Å². The minimum absolute atomic E-state index is 0.0256. The Labute approximate surface area is 106 Å². The number of nitrogens with zero attached hydrogens (tertiary/aromatic N) is 1. The second kappa shape index (κ2) is 6.00. The van der Waals surface area contributed by atoms with Gasteiger partial charge in [-0.2, -0.15) is 0 Å². The molecular formula is C13H19NO4. The summed E-state index contributed by atoms with van der Waals surface area (Å²) >= 11 is 0. The normalized spacial score (nSPS) is 24.6. The monoisotopic (exact) mass is 253 g/mol. The number of hydrogen-bond acceptors (Lipinski definition) is 3. The van der Waals surface area contributed by atoms with Crippen molar-refractivity contribution < 1.29 is 19.4 Å². The van der Waals surface area contributed by atoms with Crippen molar-refractivity contribution in [3.63, 3.8) is 0 Å². The van der Waals surface area contributed by atoms with Gasteiger partial charge in [0.05, 0.1) is 13.2 Å². The topological polar surface area (TPSA) is 66.8 Å². The Hall–Kier alpha value is -1.36. The summed E-state index contributed by atoms with van der Waals surface area (Å²) in [5.41, 5.74) is 1.20. The van der Waals surface area contributed by atoms with Crippen LogP contribution in [0.15, 0.2) is 11.6 Å². The smallest absolute Gasteiger partial charge is 0.334 e. The highest BCUT2D eigenvalue weighted by atomic mass is 16.5. The average Bonchev–Trinajstić information content (AvgIpc) is 2.40. The van der Waals surface area contributed by atoms with Crippen LogP contribution in [0.1, 0.15) is 32.1 Å². The number of carboxylic acids is 1. The molecule has 2 aliphatic rings. The van der Waals surface area contributed by atoms with Crippen LogP contribution < -0.4 is 0 Å². The Morgan fingerprint density at radius 3 is 2.94 bits per heavy atom. The maximum absolute atomic E-state index is 12.1. The lowest BCUT2D eigenvalue weighted by Crippen LogP contribution is -2.48. The van der Waals surface area contributed by atoms with Gasteiger partial charge >= 0.3 is 5.97 Å². The summed E-state index contributed by atoms with van der Waals surface area (Å²) in [6, 6.07) is 0. The lowest BCUT2D eigenvalue weighted by atomic mass is 9.97. The Bertz CT molecular complexity index is 364. The number of carbonyl (C=O) groups excluding carboxylic acids is 1. The number of allylic oxidation sites excluding steroid dienone is 1. The van der Waals surface area contributed by atoms with Crippen LogP contribution >= 0.6 is 0 Å². The van der Waals surface area contributed by atoms with Gasteiger partial charge in [0.15, 0.2) is 6.10 Å². The van der Waals surface area contributed by atoms with Crippen LogP contribution in [-0.4, -0.2) is 47.7 Å². The predicted molar refractivity (Wildman–Crippen MR) is 65.1 cm³/mol. The van der Waals surface area contributed by atoms with Crippen LogP contribution in [-0.2, 0) is 14.3 Å². The highest BCUT2D eigenvalue weighted by molar-refractivity contribution is 5.80. The van der Waals surface area contributed by atoms with Crippen LogP contribution in [0, 0.1) is 0 Å². The Balaban J connectivity index is 1.88. The molecule has 1 atom stereocenters. The third kappa shape index (κ3) is 3.32. The number of aliphatic carboxylic acids is 1. The van der Waals surface area contributed by atoms with E-state index in [1.807, 2.05) is 0 Å². The van der Waals surface area contributed by atoms with Crippen molar-refractivity contribution in [2.45, 2.75) is 38.2 Å². The summed E-state index contributed by atoms with van der Waals surface area (Å²) in [6.07, 6.45) is 6.13. The van der Waals surface area contributed by atoms with E-state index in [4.69, 9.17) is 9.84 Å². The number of hydrogen-bond donors (Lipinski definition) is 1. The van der Waals surface area contributed by atoms with Crippen LogP contribution in [0.2, 0.25) is 0 Å². The van der Waals surface area contributed by atoms with E-state index in [1.54, 1.807) is 4.90 Å². The van der Waals surface area contributed by atoms with Crippen LogP contribution in [0.5, 0.6) is 0 Å². The van der Waals surface area contributed by atoms with Crippen molar-refractivity contribution in [2.24, 2.45) is 0 Å². The van der Waals surface area contributed by atoms with Crippen molar-refractivity contribution in [3.05, 3.63) is 11.6 Å². The lowest BCUT2D eigenvalue weighted by molar-refractivity contribution is -0.159. The SMILES string of the molecule is O=C(O)[C@H]1CN(C(=O)CC2=CCCCC2)CCO1. The molecule has 0 saturated carbocycles. The molecule has 5 nitrogen and oxygen atoms in total. The molecule has 0 spiro atoms. The van der Waals surface area contributed by atoms with E-state index in [2.05, 4.69) is 6.08 Å². The second-order valence-corrected chi connectivity index (χ2v) is 4.82. The minimum atomic E-state index is -0.996. The molecule has 1 aliphatic carbocycles. The van der Waals surface area contributed by atoms with Crippen molar-refractivity contribution in [2.75, 3.05) is 19.7 Å². The molecule has 0 aromatic carbocycles. The molecule has 100 valence electrons. The van der Waals surface area contributed by atoms with E-state index in [0.717, 1.165) is 19.3 Å². The molecule has 1 saturated heterocycles. The molecule has 0 radical (unpaired) electrons. The van der Waals surface area contributed by atoms with Gasteiger partial charge in [-0.3, -0.25) is 4.79 Å². The molecule has 0 unspecified atom stereocenters. The summed E-state index contributed by atoms with van der Waals surface area (Å²) < 4.78 is 5.10. The van der Waals surface area contributed by atoms with Crippen molar-refractivity contribution in [3.8, 4) is 0 Å². The lowest BCUT2D eigenvalue weighted by Gasteiger charge is -2.31. The van der Waals surface area contributed by atoms with Crippen LogP contribution in [0.25, 0.3) is 0 Å². The second-order valence-electron chi connectivity index (χ2n) is 4.82. The van der Waals surface area contributed by atoms with Gasteiger partial charge in [0, 0.05) is 13.0 Å². The zero-order valence-corrected chi connectivity index (χ0v) is 10.4. The molecule has 1 N–H and O–H groups in total. The summed E-state index contributed by atoms with van der Waals surface area (Å²) in [6.45, 7) is 0.971. The van der Waals surface area contributed by atoms with Gasteiger partial charge in [-0.05, 0) is 25.7 Å². The molecule has 5 heteroatoms. The van der Waals surface area contributed by atoms with Gasteiger partial charge in [-0.1, -0.05) is 11.6 Å². The van der Waals surface area contributed by atoms with Crippen LogP contribution in [0.4, 0.5) is 0 Å². The zero-order chi connectivity index (χ0) is 13.0. The Morgan fingerprint density at radius 1 is 1.44 bits per heavy atom. The van der Waals surface area contributed by atoms with Crippen molar-refractivity contribution in [1.29, 1.82) is 0 Å². The Kier molecular flexibility index (Phi) is 4.36. The molecule has 0 aromatic heterocycles. The fourth-order valence-corrected chi connectivity index (χ4v) is 2.40. The first kappa shape index (κ1) is 13.1. The third-order valence-corrected chi connectivity index (χ3v) is 3.46. The molecule has 1 fully saturated rings. The minimum Gasteiger partial charge on any atom is -0.479 e. The maximum Gasteiger partial charge on any atom is 0.334 e. The number of carboxylic acid groups (broad SMARTS) is 1. The zero-order valence-electron chi connectivity index (χ0n) is 10.4. The molecular weight excluding hydrogens is 234 g/mol. The highest BCUT2D eigenvalue weighted by Gasteiger charge is 2.29. The molecule has 0 bridgehead atoms. The van der Waals surface area contributed by atoms with Gasteiger partial charge < -0.3 is 14.7 Å². The summed E-state index contributed by atoms with van der Waals surface area (Å²) in [7, 11) is 0. The number of ether oxygens (including phenoxy) is 1. The summed E-state index contributed by atoms with van der Waals surface area (Å²) in [4.78, 5) is 24.5. The van der Waals surface area contributed by atoms with Crippen molar-refractivity contribution >= 4 is 11.9 Å². The number of carbonyl (C=O) groups is 2. The fourth-order valence-electron chi connectivity index (χ4n) is 2.40. The number of amides is 1. The standard InChI is InChI=1S/C13H19NO4/c15-12(8-10-4-2-1-3-5-10)14-6-7-18-11(9-14)13(16)17/h4,11H,1-3,5-9H2,(H,16,17)/t11-/m1/s1. The maximum atomic E-state index is 12.1. The first-order valence-electron chi connectivity index (χ1n) is 6.47. The largest absolute Gasteiger partial charge is 0.479 e. The Morgan fingerprint density at radius 2 is 2.28 bits per heavy atom. The third-order valence-electron chi connectivity index (χ3n) is 3.46. The predicted octanol–water partition coefficient (Wildman–Crippen LogP) is 1.19. The molecule has 2 rings (SSSR count). The van der Waals surface area contributed by atoms with Gasteiger partial charge in [-0.25, -0.2) is 4.79 Å². The van der Waals surface area contributed by atoms with Gasteiger partial charge in [0.1, 0.15) is 0 Å². The quantitative estimate of drug-likeness (QED) is 0.767. The van der Waals surface area contributed by atoms with Crippen LogP contribution in [0.3, 0.4) is 0 Å². The summed E-state index contributed by atoms with van der Waals surface area (Å²) in [5, 5.41) is 8.88.